The van der Waals surface area contributed by atoms with Gasteiger partial charge in [0.1, 0.15) is 0 Å². The van der Waals surface area contributed by atoms with Gasteiger partial charge in [-0.2, -0.15) is 0 Å². The third-order valence-corrected chi connectivity index (χ3v) is 4.79. The molecule has 0 saturated carbocycles. The fourth-order valence-electron chi connectivity index (χ4n) is 1.84. The monoisotopic (exact) mass is 479 g/mol. The van der Waals surface area contributed by atoms with E-state index in [1.165, 1.54) is 17.7 Å². The van der Waals surface area contributed by atoms with E-state index in [-0.39, 0.29) is 11.2 Å². The fourth-order valence-corrected chi connectivity index (χ4v) is 4.38. The first-order chi connectivity index (χ1) is 9.81. The van der Waals surface area contributed by atoms with Crippen molar-refractivity contribution in [1.82, 2.24) is 9.13 Å². The topological polar surface area (TPSA) is 56.0 Å². The van der Waals surface area contributed by atoms with Crippen molar-refractivity contribution < 1.29 is 0 Å². The summed E-state index contributed by atoms with van der Waals surface area (Å²) in [6.45, 7) is 0.362. The molecule has 0 unspecified atom stereocenters. The second-order valence-corrected chi connectivity index (χ2v) is 7.10. The van der Waals surface area contributed by atoms with Crippen LogP contribution in [0.2, 0.25) is 0 Å². The highest BCUT2D eigenvalue weighted by atomic mass is 79.9. The average molecular weight is 482 g/mol. The summed E-state index contributed by atoms with van der Waals surface area (Å²) in [5.74, 6) is 0. The van der Waals surface area contributed by atoms with Gasteiger partial charge in [-0.15, -0.1) is 0 Å². The van der Waals surface area contributed by atoms with Crippen molar-refractivity contribution in [2.75, 3.05) is 5.32 Å². The number of nitrogens with zero attached hydrogens (tertiary/aromatic N) is 2. The van der Waals surface area contributed by atoms with E-state index >= 15 is 0 Å². The van der Waals surface area contributed by atoms with Crippen LogP contribution in [-0.4, -0.2) is 9.13 Å². The van der Waals surface area contributed by atoms with E-state index in [9.17, 15) is 9.59 Å². The molecule has 0 aliphatic heterocycles. The lowest BCUT2D eigenvalue weighted by Gasteiger charge is -2.14. The minimum atomic E-state index is -0.340. The van der Waals surface area contributed by atoms with Crippen LogP contribution >= 0.6 is 47.8 Å². The van der Waals surface area contributed by atoms with Gasteiger partial charge in [0.15, 0.2) is 0 Å². The van der Waals surface area contributed by atoms with Crippen LogP contribution in [-0.2, 0) is 20.6 Å². The maximum Gasteiger partial charge on any atom is 0.330 e. The van der Waals surface area contributed by atoms with E-state index < -0.39 is 0 Å². The van der Waals surface area contributed by atoms with E-state index in [1.807, 2.05) is 12.1 Å². The number of nitrogens with one attached hydrogen (secondary N) is 1. The van der Waals surface area contributed by atoms with E-state index in [1.54, 1.807) is 7.05 Å². The fraction of sp³-hybridized carbons (Fsp3) is 0.231. The van der Waals surface area contributed by atoms with Gasteiger partial charge in [-0.05, 0) is 44.0 Å². The Balaban J connectivity index is 2.34. The number of aromatic nitrogens is 2. The number of anilines is 1. The van der Waals surface area contributed by atoms with Gasteiger partial charge < -0.3 is 5.32 Å². The van der Waals surface area contributed by atoms with Crippen molar-refractivity contribution in [3.63, 3.8) is 0 Å². The Hall–Kier alpha value is -0.860. The zero-order valence-electron chi connectivity index (χ0n) is 11.3. The molecule has 0 amide bonds. The first-order valence-corrected chi connectivity index (χ1v) is 8.33. The van der Waals surface area contributed by atoms with Gasteiger partial charge in [0.05, 0.1) is 12.2 Å². The Morgan fingerprint density at radius 3 is 2.14 bits per heavy atom. The summed E-state index contributed by atoms with van der Waals surface area (Å²) in [6.07, 6.45) is 0. The molecule has 0 fully saturated rings. The van der Waals surface area contributed by atoms with Gasteiger partial charge in [-0.3, -0.25) is 13.9 Å². The van der Waals surface area contributed by atoms with Crippen LogP contribution in [0.25, 0.3) is 0 Å². The van der Waals surface area contributed by atoms with Crippen LogP contribution in [0.1, 0.15) is 5.69 Å². The van der Waals surface area contributed by atoms with Crippen molar-refractivity contribution in [3.05, 3.63) is 58.1 Å². The second-order valence-electron chi connectivity index (χ2n) is 4.47. The predicted octanol–water partition coefficient (Wildman–Crippen LogP) is 2.98. The molecule has 2 rings (SSSR count). The number of halogens is 3. The number of rotatable bonds is 3. The highest BCUT2D eigenvalue weighted by Crippen LogP contribution is 2.34. The van der Waals surface area contributed by atoms with Crippen LogP contribution in [0.5, 0.6) is 0 Å². The lowest BCUT2D eigenvalue weighted by Crippen LogP contribution is -2.38. The summed E-state index contributed by atoms with van der Waals surface area (Å²) in [6, 6.07) is 5.28. The Kier molecular flexibility index (Phi) is 5.11. The van der Waals surface area contributed by atoms with Crippen LogP contribution in [0.15, 0.2) is 41.2 Å². The van der Waals surface area contributed by atoms with Crippen molar-refractivity contribution in [1.29, 1.82) is 0 Å². The Bertz CT molecular complexity index is 788. The summed E-state index contributed by atoms with van der Waals surface area (Å²) in [7, 11) is 3.11. The summed E-state index contributed by atoms with van der Waals surface area (Å²) in [5.41, 5.74) is 0.813. The molecule has 0 aliphatic rings. The quantitative estimate of drug-likeness (QED) is 0.733. The van der Waals surface area contributed by atoms with E-state index in [0.29, 0.717) is 12.2 Å². The van der Waals surface area contributed by atoms with Crippen molar-refractivity contribution in [2.24, 2.45) is 14.1 Å². The summed E-state index contributed by atoms with van der Waals surface area (Å²) in [5, 5.41) is 3.22. The molecular weight excluding hydrogens is 470 g/mol. The third kappa shape index (κ3) is 3.49. The zero-order valence-corrected chi connectivity index (χ0v) is 16.0. The van der Waals surface area contributed by atoms with Crippen LogP contribution in [0, 0.1) is 0 Å². The average Bonchev–Trinajstić information content (AvgIpc) is 2.40. The molecule has 0 radical (unpaired) electrons. The molecule has 112 valence electrons. The summed E-state index contributed by atoms with van der Waals surface area (Å²) < 4.78 is 5.22. The van der Waals surface area contributed by atoms with Gasteiger partial charge in [0, 0.05) is 39.3 Å². The molecule has 21 heavy (non-hydrogen) atoms. The van der Waals surface area contributed by atoms with Crippen molar-refractivity contribution in [3.8, 4) is 0 Å². The molecule has 1 aromatic carbocycles. The van der Waals surface area contributed by atoms with E-state index in [4.69, 9.17) is 0 Å². The molecule has 0 atom stereocenters. The van der Waals surface area contributed by atoms with E-state index in [2.05, 4.69) is 53.1 Å². The molecule has 0 saturated heterocycles. The van der Waals surface area contributed by atoms with Crippen LogP contribution in [0.3, 0.4) is 0 Å². The Labute approximate surface area is 146 Å². The maximum atomic E-state index is 11.9. The minimum Gasteiger partial charge on any atom is -0.378 e. The second kappa shape index (κ2) is 6.50. The molecular formula is C13H12Br3N3O2. The number of benzene rings is 1. The van der Waals surface area contributed by atoms with Crippen LogP contribution < -0.4 is 16.6 Å². The number of hydrogen-bond donors (Lipinski definition) is 1. The smallest absolute Gasteiger partial charge is 0.330 e. The summed E-state index contributed by atoms with van der Waals surface area (Å²) >= 11 is 10.4. The molecule has 0 spiro atoms. The number of hydrogen-bond acceptors (Lipinski definition) is 3. The molecule has 2 aromatic rings. The van der Waals surface area contributed by atoms with Gasteiger partial charge in [0.2, 0.25) is 0 Å². The highest BCUT2D eigenvalue weighted by molar-refractivity contribution is 9.11. The Morgan fingerprint density at radius 1 is 1.00 bits per heavy atom. The Morgan fingerprint density at radius 2 is 1.57 bits per heavy atom. The molecule has 1 heterocycles. The first kappa shape index (κ1) is 16.5. The first-order valence-electron chi connectivity index (χ1n) is 5.95. The lowest BCUT2D eigenvalue weighted by molar-refractivity contribution is 0.655. The third-order valence-electron chi connectivity index (χ3n) is 3.08. The van der Waals surface area contributed by atoms with Gasteiger partial charge >= 0.3 is 5.69 Å². The molecule has 1 N–H and O–H groups in total. The van der Waals surface area contributed by atoms with Gasteiger partial charge in [-0.25, -0.2) is 4.79 Å². The molecule has 1 aromatic heterocycles. The van der Waals surface area contributed by atoms with E-state index in [0.717, 1.165) is 23.7 Å². The lowest BCUT2D eigenvalue weighted by atomic mass is 10.3. The minimum absolute atomic E-state index is 0.316. The maximum absolute atomic E-state index is 11.9. The predicted molar refractivity (Wildman–Crippen MR) is 93.8 cm³/mol. The largest absolute Gasteiger partial charge is 0.378 e. The zero-order chi connectivity index (χ0) is 15.7. The van der Waals surface area contributed by atoms with Crippen molar-refractivity contribution in [2.45, 2.75) is 6.54 Å². The van der Waals surface area contributed by atoms with Crippen molar-refractivity contribution >= 4 is 53.5 Å². The highest BCUT2D eigenvalue weighted by Gasteiger charge is 2.09. The molecule has 0 aliphatic carbocycles. The summed E-state index contributed by atoms with van der Waals surface area (Å²) in [4.78, 5) is 23.6. The van der Waals surface area contributed by atoms with Crippen LogP contribution in [0.4, 0.5) is 5.69 Å². The molecule has 8 heteroatoms. The molecule has 0 bridgehead atoms. The van der Waals surface area contributed by atoms with Gasteiger partial charge in [0.25, 0.3) is 5.56 Å². The standard InChI is InChI=1S/C13H12Br3N3O2/c1-18-8(5-11(20)19(2)13(18)21)6-17-12-9(15)3-7(14)4-10(12)16/h3-5,17H,6H2,1-2H3. The van der Waals surface area contributed by atoms with Gasteiger partial charge in [-0.1, -0.05) is 15.9 Å². The normalized spacial score (nSPS) is 10.7. The molecule has 5 nitrogen and oxygen atoms in total. The SMILES string of the molecule is Cn1c(CNc2c(Br)cc(Br)cc2Br)cc(=O)n(C)c1=O.